The standard InChI is InChI=1S/C59H85N17O13/c1-32(2)26-44(53(84)69-42(19-13-25-65-58(63)64-5)51(82)70-43(50(62)81)29-37-31-66-40-17-10-9-16-39(37)40)73-59(89)76-75-56(87)46(27-35-14-7-6-8-15-35)72-57(88)49(33(3)77)74-55(86)47(30-48(61)80)71-52(83)41(18-11-12-24-60)68-54(85)45(67-34(4)78)28-36-20-22-38(79)23-21-36/h6-10,14-17,20-23,31-33,41-47,49,66,77,79H,11-13,18-19,24-30,60H2,1-5H3,(H2,61,80)(H2,62,81)(H,67,78)(H,68,85)(H,69,84)(H,70,82)(H,71,83)(H,72,88)(H,74,86)(H,75,87)(H3,63,64,65)(H2,73,76,89)/t33-,41+,42+,43+,44+,45-,46+,47+,49+/m1/s1. The molecule has 0 saturated heterocycles. The van der Waals surface area contributed by atoms with Crippen LogP contribution in [-0.2, 0) is 67.2 Å². The third-order valence-electron chi connectivity index (χ3n) is 13.9. The molecule has 4 rings (SSSR count). The minimum absolute atomic E-state index is 0.0152. The summed E-state index contributed by atoms with van der Waals surface area (Å²) < 4.78 is 0. The molecule has 0 spiro atoms. The van der Waals surface area contributed by atoms with Gasteiger partial charge in [0.05, 0.1) is 12.5 Å². The number of para-hydroxylation sites is 1. The Hall–Kier alpha value is -9.84. The highest BCUT2D eigenvalue weighted by atomic mass is 16.3. The zero-order chi connectivity index (χ0) is 65.7. The van der Waals surface area contributed by atoms with Crippen LogP contribution in [-0.4, -0.2) is 161 Å². The number of nitrogens with two attached hydrogens (primary N) is 4. The second kappa shape index (κ2) is 36.3. The summed E-state index contributed by atoms with van der Waals surface area (Å²) in [6.45, 7) is 6.33. The van der Waals surface area contributed by atoms with E-state index in [1.54, 1.807) is 50.4 Å². The van der Waals surface area contributed by atoms with E-state index in [1.807, 2.05) is 24.3 Å². The highest BCUT2D eigenvalue weighted by Crippen LogP contribution is 2.20. The van der Waals surface area contributed by atoms with E-state index in [4.69, 9.17) is 22.9 Å². The maximum absolute atomic E-state index is 14.1. The number of hydrogen-bond donors (Lipinski definition) is 18. The monoisotopic (exact) mass is 1240 g/mol. The van der Waals surface area contributed by atoms with E-state index in [9.17, 15) is 63.0 Å². The number of hydrogen-bond acceptors (Lipinski definition) is 15. The molecule has 4 aromatic rings. The van der Waals surface area contributed by atoms with Crippen LogP contribution in [0.3, 0.4) is 0 Å². The normalized spacial score (nSPS) is 14.3. The van der Waals surface area contributed by atoms with E-state index in [0.29, 0.717) is 29.5 Å². The van der Waals surface area contributed by atoms with Crippen molar-refractivity contribution in [3.8, 4) is 5.75 Å². The molecule has 89 heavy (non-hydrogen) atoms. The number of aromatic hydroxyl groups is 1. The Morgan fingerprint density at radius 3 is 1.69 bits per heavy atom. The first-order valence-electron chi connectivity index (χ1n) is 29.0. The van der Waals surface area contributed by atoms with Crippen LogP contribution in [0.25, 0.3) is 10.9 Å². The maximum Gasteiger partial charge on any atom is 0.334 e. The number of nitrogens with one attached hydrogen (secondary N) is 12. The van der Waals surface area contributed by atoms with Gasteiger partial charge in [0.15, 0.2) is 5.96 Å². The summed E-state index contributed by atoms with van der Waals surface area (Å²) in [4.78, 5) is 156. The maximum atomic E-state index is 14.1. The van der Waals surface area contributed by atoms with Gasteiger partial charge in [0.25, 0.3) is 5.91 Å². The molecule has 30 heteroatoms. The largest absolute Gasteiger partial charge is 0.508 e. The number of aliphatic hydroxyl groups excluding tert-OH is 1. The number of guanidine groups is 1. The summed E-state index contributed by atoms with van der Waals surface area (Å²) in [5.41, 5.74) is 29.7. The van der Waals surface area contributed by atoms with Gasteiger partial charge in [0.1, 0.15) is 54.1 Å². The van der Waals surface area contributed by atoms with E-state index < -0.39 is 126 Å². The van der Waals surface area contributed by atoms with Gasteiger partial charge in [0.2, 0.25) is 53.2 Å². The van der Waals surface area contributed by atoms with Crippen molar-refractivity contribution in [2.75, 3.05) is 20.1 Å². The van der Waals surface area contributed by atoms with Gasteiger partial charge in [0, 0.05) is 56.9 Å². The number of fused-ring (bicyclic) bond motifs is 1. The first-order chi connectivity index (χ1) is 42.3. The molecule has 0 unspecified atom stereocenters. The highest BCUT2D eigenvalue weighted by molar-refractivity contribution is 5.99. The third-order valence-corrected chi connectivity index (χ3v) is 13.9. The predicted octanol–water partition coefficient (Wildman–Crippen LogP) is -2.76. The number of carbonyl (C=O) groups excluding carboxylic acids is 11. The lowest BCUT2D eigenvalue weighted by molar-refractivity contribution is -0.137. The number of aromatic nitrogens is 1. The van der Waals surface area contributed by atoms with Crippen LogP contribution in [0.2, 0.25) is 0 Å². The number of aliphatic hydroxyl groups is 1. The summed E-state index contributed by atoms with van der Waals surface area (Å²) in [6, 6.07) is 8.74. The number of unbranched alkanes of at least 4 members (excludes halogenated alkanes) is 1. The van der Waals surface area contributed by atoms with Gasteiger partial charge in [-0.3, -0.25) is 58.4 Å². The van der Waals surface area contributed by atoms with Crippen LogP contribution in [0.5, 0.6) is 5.75 Å². The molecule has 0 bridgehead atoms. The van der Waals surface area contributed by atoms with Crippen LogP contribution < -0.4 is 81.6 Å². The molecule has 1 heterocycles. The Bertz CT molecular complexity index is 3090. The predicted molar refractivity (Wildman–Crippen MR) is 329 cm³/mol. The molecule has 3 aromatic carbocycles. The summed E-state index contributed by atoms with van der Waals surface area (Å²) in [5, 5.41) is 44.5. The fourth-order valence-corrected chi connectivity index (χ4v) is 9.28. The van der Waals surface area contributed by atoms with E-state index in [2.05, 4.69) is 68.7 Å². The molecule has 0 radical (unpaired) electrons. The topological polar surface area (TPSA) is 493 Å². The van der Waals surface area contributed by atoms with Crippen molar-refractivity contribution in [1.29, 1.82) is 0 Å². The van der Waals surface area contributed by atoms with Crippen molar-refractivity contribution < 1.29 is 63.0 Å². The Kier molecular flexibility index (Phi) is 29.3. The van der Waals surface area contributed by atoms with Crippen molar-refractivity contribution in [1.82, 2.24) is 63.7 Å². The first-order valence-corrected chi connectivity index (χ1v) is 29.0. The number of phenols is 1. The fourth-order valence-electron chi connectivity index (χ4n) is 9.28. The molecule has 0 aliphatic carbocycles. The first kappa shape index (κ1) is 71.6. The highest BCUT2D eigenvalue weighted by Gasteiger charge is 2.36. The minimum Gasteiger partial charge on any atom is -0.508 e. The van der Waals surface area contributed by atoms with E-state index >= 15 is 0 Å². The molecule has 22 N–H and O–H groups in total. The van der Waals surface area contributed by atoms with Gasteiger partial charge < -0.3 is 86.0 Å². The molecule has 0 aliphatic rings. The van der Waals surface area contributed by atoms with Gasteiger partial charge in [-0.25, -0.2) is 10.2 Å². The lowest BCUT2D eigenvalue weighted by Gasteiger charge is -2.28. The number of carbonyl (C=O) groups is 11. The van der Waals surface area contributed by atoms with Crippen molar-refractivity contribution in [3.05, 3.63) is 102 Å². The SMILES string of the molecule is CN=C(N)NCCC[C@H](NC(=O)[C@H](CC(C)C)NC(=O)NNC(=O)[C@H](Cc1ccccc1)NC(=O)[C@@H](NC(=O)[C@H](CC(N)=O)NC(=O)[C@H](CCCCN)NC(=O)[C@@H](Cc1ccc(O)cc1)NC(C)=O)[C@@H](C)O)C(=O)N[C@@H](Cc1c[nH]c2ccccc12)C(N)=O. The molecule has 484 valence electrons. The third kappa shape index (κ3) is 24.8. The smallest absolute Gasteiger partial charge is 0.334 e. The lowest BCUT2D eigenvalue weighted by atomic mass is 10.0. The number of amides is 12. The molecule has 0 fully saturated rings. The van der Waals surface area contributed by atoms with E-state index in [1.165, 1.54) is 38.2 Å². The quantitative estimate of drug-likeness (QED) is 0.00961. The molecule has 0 saturated carbocycles. The average Bonchev–Trinajstić information content (AvgIpc) is 3.26. The van der Waals surface area contributed by atoms with Crippen LogP contribution in [0, 0.1) is 5.92 Å². The minimum atomic E-state index is -1.88. The molecule has 0 aliphatic heterocycles. The molecule has 30 nitrogen and oxygen atoms in total. The fraction of sp³-hybridized carbons (Fsp3) is 0.458. The number of urea groups is 1. The number of H-pyrrole nitrogens is 1. The lowest BCUT2D eigenvalue weighted by Crippen LogP contribution is -2.62. The van der Waals surface area contributed by atoms with E-state index in [-0.39, 0.29) is 75.7 Å². The number of aromatic amines is 1. The molecular formula is C59H85N17O13. The second-order valence-electron chi connectivity index (χ2n) is 21.7. The van der Waals surface area contributed by atoms with Crippen LogP contribution in [0.1, 0.15) is 89.3 Å². The molecular weight excluding hydrogens is 1150 g/mol. The van der Waals surface area contributed by atoms with Crippen LogP contribution >= 0.6 is 0 Å². The number of nitrogens with zero attached hydrogens (tertiary/aromatic N) is 1. The van der Waals surface area contributed by atoms with E-state index in [0.717, 1.165) is 17.8 Å². The van der Waals surface area contributed by atoms with Crippen molar-refractivity contribution in [3.63, 3.8) is 0 Å². The number of rotatable bonds is 35. The van der Waals surface area contributed by atoms with Gasteiger partial charge in [-0.2, -0.15) is 0 Å². The number of hydrazine groups is 1. The Balaban J connectivity index is 1.50. The Morgan fingerprint density at radius 1 is 0.562 bits per heavy atom. The summed E-state index contributed by atoms with van der Waals surface area (Å²) in [5.74, 6) is -9.29. The summed E-state index contributed by atoms with van der Waals surface area (Å²) >= 11 is 0. The van der Waals surface area contributed by atoms with Gasteiger partial charge in [-0.1, -0.05) is 74.5 Å². The molecule has 12 amide bonds. The van der Waals surface area contributed by atoms with Crippen molar-refractivity contribution >= 4 is 82.0 Å². The van der Waals surface area contributed by atoms with Gasteiger partial charge in [-0.05, 0) is 92.8 Å². The number of primary amides is 2. The van der Waals surface area contributed by atoms with Crippen molar-refractivity contribution in [2.24, 2.45) is 33.8 Å². The number of aliphatic imine (C=N–C) groups is 1. The second-order valence-corrected chi connectivity index (χ2v) is 21.7. The Morgan fingerprint density at radius 2 is 1.10 bits per heavy atom. The summed E-state index contributed by atoms with van der Waals surface area (Å²) in [6.07, 6.45) is -0.105. The number of benzene rings is 3. The van der Waals surface area contributed by atoms with Crippen molar-refractivity contribution in [2.45, 2.75) is 146 Å². The summed E-state index contributed by atoms with van der Waals surface area (Å²) in [7, 11) is 1.48. The zero-order valence-electron chi connectivity index (χ0n) is 50.5. The zero-order valence-corrected chi connectivity index (χ0v) is 50.5. The average molecular weight is 1240 g/mol. The van der Waals surface area contributed by atoms with Gasteiger partial charge >= 0.3 is 6.03 Å². The molecule has 1 aromatic heterocycles. The van der Waals surface area contributed by atoms with Gasteiger partial charge in [-0.15, -0.1) is 0 Å². The Labute approximate surface area is 514 Å². The van der Waals surface area contributed by atoms with Crippen LogP contribution in [0.15, 0.2) is 90.1 Å². The van der Waals surface area contributed by atoms with Crippen LogP contribution in [0.4, 0.5) is 4.79 Å². The number of phenolic OH excluding ortho intramolecular Hbond substituents is 1. The molecule has 9 atom stereocenters.